The maximum Gasteiger partial charge on any atom is 0.246 e. The molecule has 21 heavy (non-hydrogen) atoms. The first kappa shape index (κ1) is 15.7. The minimum atomic E-state index is -0.278. The third-order valence-corrected chi connectivity index (χ3v) is 3.94. The van der Waals surface area contributed by atoms with Crippen LogP contribution in [0.1, 0.15) is 25.3 Å². The van der Waals surface area contributed by atoms with Crippen LogP contribution in [0.25, 0.3) is 5.57 Å². The number of halogens is 1. The fraction of sp³-hybridized carbons (Fsp3) is 0.471. The average Bonchev–Trinajstić information content (AvgIpc) is 2.48. The summed E-state index contributed by atoms with van der Waals surface area (Å²) in [7, 11) is 1.94. The highest BCUT2D eigenvalue weighted by Crippen LogP contribution is 2.19. The number of carbonyl (C=O) groups is 1. The van der Waals surface area contributed by atoms with Gasteiger partial charge in [0.2, 0.25) is 5.91 Å². The maximum atomic E-state index is 13.2. The molecule has 0 unspecified atom stereocenters. The number of amides is 1. The van der Waals surface area contributed by atoms with Gasteiger partial charge in [-0.15, -0.1) is 0 Å². The van der Waals surface area contributed by atoms with Gasteiger partial charge in [-0.25, -0.2) is 4.39 Å². The minimum Gasteiger partial charge on any atom is -0.339 e. The van der Waals surface area contributed by atoms with Gasteiger partial charge in [-0.05, 0) is 62.5 Å². The number of rotatable bonds is 4. The van der Waals surface area contributed by atoms with E-state index >= 15 is 0 Å². The third-order valence-electron chi connectivity index (χ3n) is 3.94. The Balaban J connectivity index is 2.04. The SMILES string of the molecule is CNC[C@H]1CCCN(C(=O)/C=C(\C)c2cccc(F)c2)C1. The third kappa shape index (κ3) is 4.39. The first-order valence-electron chi connectivity index (χ1n) is 7.48. The van der Waals surface area contributed by atoms with Crippen LogP contribution in [0.4, 0.5) is 4.39 Å². The molecule has 1 aromatic carbocycles. The highest BCUT2D eigenvalue weighted by Gasteiger charge is 2.22. The lowest BCUT2D eigenvalue weighted by Gasteiger charge is -2.32. The lowest BCUT2D eigenvalue weighted by molar-refractivity contribution is -0.127. The highest BCUT2D eigenvalue weighted by molar-refractivity contribution is 5.94. The van der Waals surface area contributed by atoms with Crippen molar-refractivity contribution in [3.63, 3.8) is 0 Å². The van der Waals surface area contributed by atoms with Crippen LogP contribution in [0.15, 0.2) is 30.3 Å². The van der Waals surface area contributed by atoms with Crippen LogP contribution in [-0.4, -0.2) is 37.5 Å². The Kier molecular flexibility index (Phi) is 5.51. The summed E-state index contributed by atoms with van der Waals surface area (Å²) in [6, 6.07) is 6.35. The molecule has 1 aromatic rings. The Bertz CT molecular complexity index is 525. The van der Waals surface area contributed by atoms with Crippen molar-refractivity contribution >= 4 is 11.5 Å². The van der Waals surface area contributed by atoms with Gasteiger partial charge in [-0.3, -0.25) is 4.79 Å². The molecule has 0 aliphatic carbocycles. The van der Waals surface area contributed by atoms with Crippen molar-refractivity contribution in [2.75, 3.05) is 26.7 Å². The van der Waals surface area contributed by atoms with E-state index < -0.39 is 0 Å². The normalized spacial score (nSPS) is 19.7. The van der Waals surface area contributed by atoms with E-state index in [1.54, 1.807) is 12.1 Å². The number of nitrogens with zero attached hydrogens (tertiary/aromatic N) is 1. The minimum absolute atomic E-state index is 0.0255. The van der Waals surface area contributed by atoms with E-state index in [9.17, 15) is 9.18 Å². The van der Waals surface area contributed by atoms with Crippen molar-refractivity contribution in [1.29, 1.82) is 0 Å². The molecule has 1 atom stereocenters. The Morgan fingerprint density at radius 3 is 3.05 bits per heavy atom. The van der Waals surface area contributed by atoms with Crippen LogP contribution in [0.5, 0.6) is 0 Å². The van der Waals surface area contributed by atoms with E-state index in [1.165, 1.54) is 12.1 Å². The molecule has 1 heterocycles. The number of likely N-dealkylation sites (tertiary alicyclic amines) is 1. The molecule has 0 radical (unpaired) electrons. The summed E-state index contributed by atoms with van der Waals surface area (Å²) < 4.78 is 13.2. The second-order valence-corrected chi connectivity index (χ2v) is 5.69. The van der Waals surface area contributed by atoms with Crippen LogP contribution >= 0.6 is 0 Å². The van der Waals surface area contributed by atoms with Gasteiger partial charge in [0.15, 0.2) is 0 Å². The summed E-state index contributed by atoms with van der Waals surface area (Å²) in [6.07, 6.45) is 3.83. The predicted octanol–water partition coefficient (Wildman–Crippen LogP) is 2.69. The van der Waals surface area contributed by atoms with Crippen LogP contribution in [0, 0.1) is 11.7 Å². The molecule has 2 rings (SSSR count). The van der Waals surface area contributed by atoms with Crippen molar-refractivity contribution in [2.24, 2.45) is 5.92 Å². The van der Waals surface area contributed by atoms with Crippen LogP contribution in [0.3, 0.4) is 0 Å². The Labute approximate surface area is 125 Å². The Hall–Kier alpha value is -1.68. The summed E-state index contributed by atoms with van der Waals surface area (Å²) in [4.78, 5) is 14.2. The van der Waals surface area contributed by atoms with E-state index in [1.807, 2.05) is 24.9 Å². The first-order chi connectivity index (χ1) is 10.1. The van der Waals surface area contributed by atoms with E-state index in [0.29, 0.717) is 5.92 Å². The van der Waals surface area contributed by atoms with E-state index in [4.69, 9.17) is 0 Å². The molecular weight excluding hydrogens is 267 g/mol. The number of carbonyl (C=O) groups excluding carboxylic acids is 1. The topological polar surface area (TPSA) is 32.3 Å². The largest absolute Gasteiger partial charge is 0.339 e. The van der Waals surface area contributed by atoms with Crippen LogP contribution < -0.4 is 5.32 Å². The second kappa shape index (κ2) is 7.36. The number of hydrogen-bond donors (Lipinski definition) is 1. The van der Waals surface area contributed by atoms with Gasteiger partial charge in [-0.2, -0.15) is 0 Å². The predicted molar refractivity (Wildman–Crippen MR) is 83.3 cm³/mol. The molecule has 1 fully saturated rings. The molecule has 0 saturated carbocycles. The smallest absolute Gasteiger partial charge is 0.246 e. The molecule has 1 aliphatic rings. The van der Waals surface area contributed by atoms with Crippen molar-refractivity contribution < 1.29 is 9.18 Å². The van der Waals surface area contributed by atoms with Gasteiger partial charge in [0, 0.05) is 19.2 Å². The number of benzene rings is 1. The molecule has 0 bridgehead atoms. The first-order valence-corrected chi connectivity index (χ1v) is 7.48. The van der Waals surface area contributed by atoms with E-state index in [2.05, 4.69) is 5.32 Å². The van der Waals surface area contributed by atoms with E-state index in [-0.39, 0.29) is 11.7 Å². The lowest BCUT2D eigenvalue weighted by atomic mass is 9.97. The van der Waals surface area contributed by atoms with Crippen molar-refractivity contribution in [1.82, 2.24) is 10.2 Å². The second-order valence-electron chi connectivity index (χ2n) is 5.69. The van der Waals surface area contributed by atoms with Gasteiger partial charge in [0.1, 0.15) is 5.82 Å². The molecule has 1 N–H and O–H groups in total. The molecule has 0 aromatic heterocycles. The molecule has 0 spiro atoms. The molecule has 3 nitrogen and oxygen atoms in total. The average molecular weight is 290 g/mol. The number of nitrogens with one attached hydrogen (secondary N) is 1. The lowest BCUT2D eigenvalue weighted by Crippen LogP contribution is -2.41. The molecule has 114 valence electrons. The molecule has 1 amide bonds. The van der Waals surface area contributed by atoms with Gasteiger partial charge in [-0.1, -0.05) is 12.1 Å². The maximum absolute atomic E-state index is 13.2. The van der Waals surface area contributed by atoms with Gasteiger partial charge < -0.3 is 10.2 Å². The fourth-order valence-corrected chi connectivity index (χ4v) is 2.81. The zero-order valence-electron chi connectivity index (χ0n) is 12.7. The highest BCUT2D eigenvalue weighted by atomic mass is 19.1. The number of allylic oxidation sites excluding steroid dienone is 1. The van der Waals surface area contributed by atoms with E-state index in [0.717, 1.165) is 43.6 Å². The molecule has 1 saturated heterocycles. The summed E-state index contributed by atoms with van der Waals surface area (Å²) >= 11 is 0. The van der Waals surface area contributed by atoms with Crippen LogP contribution in [0.2, 0.25) is 0 Å². The summed E-state index contributed by atoms with van der Waals surface area (Å²) in [5.74, 6) is 0.271. The van der Waals surface area contributed by atoms with Crippen molar-refractivity contribution in [2.45, 2.75) is 19.8 Å². The quantitative estimate of drug-likeness (QED) is 0.865. The zero-order valence-corrected chi connectivity index (χ0v) is 12.7. The monoisotopic (exact) mass is 290 g/mol. The number of hydrogen-bond acceptors (Lipinski definition) is 2. The summed E-state index contributed by atoms with van der Waals surface area (Å²) in [5.41, 5.74) is 1.56. The van der Waals surface area contributed by atoms with Gasteiger partial charge in [0.05, 0.1) is 0 Å². The molecule has 1 aliphatic heterocycles. The Morgan fingerprint density at radius 1 is 1.52 bits per heavy atom. The van der Waals surface area contributed by atoms with Gasteiger partial charge >= 0.3 is 0 Å². The Morgan fingerprint density at radius 2 is 2.33 bits per heavy atom. The zero-order chi connectivity index (χ0) is 15.2. The summed E-state index contributed by atoms with van der Waals surface area (Å²) in [5, 5.41) is 3.17. The molecular formula is C17H23FN2O. The standard InChI is InChI=1S/C17H23FN2O/c1-13(15-6-3-7-16(18)10-15)9-17(21)20-8-4-5-14(12-20)11-19-2/h3,6-7,9-10,14,19H,4-5,8,11-12H2,1-2H3/b13-9+/t14-/m1/s1. The van der Waals surface area contributed by atoms with Crippen molar-refractivity contribution in [3.05, 3.63) is 41.7 Å². The fourth-order valence-electron chi connectivity index (χ4n) is 2.81. The van der Waals surface area contributed by atoms with Crippen molar-refractivity contribution in [3.8, 4) is 0 Å². The number of piperidine rings is 1. The van der Waals surface area contributed by atoms with Crippen LogP contribution in [-0.2, 0) is 4.79 Å². The van der Waals surface area contributed by atoms with Gasteiger partial charge in [0.25, 0.3) is 0 Å². The summed E-state index contributed by atoms with van der Waals surface area (Å²) in [6.45, 7) is 4.40. The molecule has 4 heteroatoms.